The van der Waals surface area contributed by atoms with Crippen LogP contribution in [0.4, 0.5) is 25.2 Å². The summed E-state index contributed by atoms with van der Waals surface area (Å²) in [6.45, 7) is 3.64. The van der Waals surface area contributed by atoms with Crippen LogP contribution in [0.3, 0.4) is 0 Å². The molecule has 0 atom stereocenters. The van der Waals surface area contributed by atoms with Crippen molar-refractivity contribution in [3.8, 4) is 11.8 Å². The summed E-state index contributed by atoms with van der Waals surface area (Å²) in [6.07, 6.45) is 2.09. The summed E-state index contributed by atoms with van der Waals surface area (Å²) in [6, 6.07) is 1.92. The summed E-state index contributed by atoms with van der Waals surface area (Å²) < 4.78 is 72.0. The SMILES string of the molecule is C=CCNc1c(C2(C(=O)OC)CC2)c(C#N)nn1-c1c(Cl)cc(S(F)(F)(F)(F)F)cc1Cl. The van der Waals surface area contributed by atoms with E-state index in [0.717, 1.165) is 4.68 Å². The quantitative estimate of drug-likeness (QED) is 0.257. The third-order valence-electron chi connectivity index (χ3n) is 4.86. The van der Waals surface area contributed by atoms with Crippen LogP contribution in [0.15, 0.2) is 29.7 Å². The van der Waals surface area contributed by atoms with Gasteiger partial charge in [0.05, 0.1) is 28.1 Å². The maximum Gasteiger partial charge on any atom is 0.316 e. The summed E-state index contributed by atoms with van der Waals surface area (Å²) in [5.41, 5.74) is -1.68. The predicted molar refractivity (Wildman–Crippen MR) is 111 cm³/mol. The Morgan fingerprint density at radius 2 is 1.91 bits per heavy atom. The van der Waals surface area contributed by atoms with E-state index >= 15 is 0 Å². The van der Waals surface area contributed by atoms with Crippen LogP contribution >= 0.6 is 33.4 Å². The molecule has 1 aromatic heterocycles. The van der Waals surface area contributed by atoms with Crippen molar-refractivity contribution in [1.29, 1.82) is 5.26 Å². The molecule has 1 aliphatic carbocycles. The molecule has 0 bridgehead atoms. The van der Waals surface area contributed by atoms with Crippen molar-refractivity contribution in [3.05, 3.63) is 46.1 Å². The Balaban J connectivity index is 2.32. The normalized spacial score (nSPS) is 17.0. The maximum absolute atomic E-state index is 13.2. The third kappa shape index (κ3) is 4.12. The van der Waals surface area contributed by atoms with Crippen LogP contribution in [0.2, 0.25) is 10.0 Å². The molecule has 1 heterocycles. The van der Waals surface area contributed by atoms with Gasteiger partial charge < -0.3 is 10.1 Å². The number of carbonyl (C=O) groups excluding carboxylic acids is 1. The number of benzene rings is 1. The first kappa shape index (κ1) is 24.2. The van der Waals surface area contributed by atoms with Gasteiger partial charge in [-0.05, 0) is 25.0 Å². The molecule has 0 unspecified atom stereocenters. The molecule has 32 heavy (non-hydrogen) atoms. The molecule has 0 amide bonds. The fourth-order valence-corrected chi connectivity index (χ4v) is 4.75. The summed E-state index contributed by atoms with van der Waals surface area (Å²) >= 11 is 11.9. The lowest BCUT2D eigenvalue weighted by atomic mass is 9.95. The summed E-state index contributed by atoms with van der Waals surface area (Å²) in [5, 5.41) is 14.9. The van der Waals surface area contributed by atoms with Gasteiger partial charge in [-0.1, -0.05) is 48.7 Å². The number of hydrogen-bond acceptors (Lipinski definition) is 5. The largest absolute Gasteiger partial charge is 0.468 e. The van der Waals surface area contributed by atoms with Crippen molar-refractivity contribution in [3.63, 3.8) is 0 Å². The summed E-state index contributed by atoms with van der Waals surface area (Å²) in [7, 11) is -8.90. The van der Waals surface area contributed by atoms with Crippen molar-refractivity contribution in [2.45, 2.75) is 23.2 Å². The molecule has 0 radical (unpaired) electrons. The van der Waals surface area contributed by atoms with E-state index in [0.29, 0.717) is 12.8 Å². The van der Waals surface area contributed by atoms with Crippen molar-refractivity contribution < 1.29 is 29.0 Å². The van der Waals surface area contributed by atoms with Crippen molar-refractivity contribution >= 4 is 45.2 Å². The zero-order chi connectivity index (χ0) is 24.2. The average Bonchev–Trinajstić information content (AvgIpc) is 3.39. The molecule has 2 aromatic rings. The zero-order valence-corrected chi connectivity index (χ0v) is 18.6. The standard InChI is InChI=1S/C18H15Cl2F5N4O2S/c1-3-6-27-16-14(18(4-5-18)17(30)31-2)13(9-26)28-29(16)15-11(19)7-10(8-12(15)20)32(21,22,23,24)25/h3,7-8,27H,1,4-6H2,2H3. The number of hydrogen-bond donors (Lipinski definition) is 1. The Hall–Kier alpha value is -2.49. The number of esters is 1. The predicted octanol–water partition coefficient (Wildman–Crippen LogP) is 6.51. The smallest absolute Gasteiger partial charge is 0.316 e. The van der Waals surface area contributed by atoms with Crippen molar-refractivity contribution in [1.82, 2.24) is 9.78 Å². The van der Waals surface area contributed by atoms with Gasteiger partial charge in [0.1, 0.15) is 22.5 Å². The number of nitrogens with zero attached hydrogens (tertiary/aromatic N) is 3. The highest BCUT2D eigenvalue weighted by molar-refractivity contribution is 8.45. The van der Waals surface area contributed by atoms with E-state index in [1.807, 2.05) is 6.07 Å². The first-order valence-electron chi connectivity index (χ1n) is 8.80. The Morgan fingerprint density at radius 3 is 2.31 bits per heavy atom. The molecule has 174 valence electrons. The number of nitriles is 1. The highest BCUT2D eigenvalue weighted by atomic mass is 35.5. The molecule has 0 saturated heterocycles. The Morgan fingerprint density at radius 1 is 1.34 bits per heavy atom. The van der Waals surface area contributed by atoms with Gasteiger partial charge in [-0.25, -0.2) is 4.68 Å². The van der Waals surface area contributed by atoms with Crippen LogP contribution in [-0.4, -0.2) is 29.4 Å². The van der Waals surface area contributed by atoms with E-state index in [4.69, 9.17) is 27.9 Å². The van der Waals surface area contributed by atoms with E-state index in [1.165, 1.54) is 13.2 Å². The van der Waals surface area contributed by atoms with Crippen molar-refractivity contribution in [2.24, 2.45) is 0 Å². The van der Waals surface area contributed by atoms with Crippen molar-refractivity contribution in [2.75, 3.05) is 19.0 Å². The third-order valence-corrected chi connectivity index (χ3v) is 6.56. The van der Waals surface area contributed by atoms with Crippen LogP contribution in [0.25, 0.3) is 5.69 Å². The Kier molecular flexibility index (Phi) is 5.29. The number of aromatic nitrogens is 2. The number of nitrogens with one attached hydrogen (secondary N) is 1. The average molecular weight is 517 g/mol. The molecular weight excluding hydrogens is 502 g/mol. The van der Waals surface area contributed by atoms with Gasteiger partial charge in [-0.3, -0.25) is 4.79 Å². The van der Waals surface area contributed by atoms with E-state index < -0.39 is 36.5 Å². The van der Waals surface area contributed by atoms with Gasteiger partial charge in [0.15, 0.2) is 5.69 Å². The van der Waals surface area contributed by atoms with E-state index in [1.54, 1.807) is 0 Å². The first-order chi connectivity index (χ1) is 14.6. The van der Waals surface area contributed by atoms with Crippen LogP contribution in [0, 0.1) is 11.3 Å². The Labute approximate surface area is 189 Å². The number of carbonyl (C=O) groups is 1. The number of rotatable bonds is 7. The van der Waals surface area contributed by atoms with Gasteiger partial charge in [-0.15, -0.1) is 6.58 Å². The highest BCUT2D eigenvalue weighted by Crippen LogP contribution is 3.02. The fraction of sp³-hybridized carbons (Fsp3) is 0.278. The second-order valence-electron chi connectivity index (χ2n) is 7.04. The molecule has 1 aliphatic rings. The second-order valence-corrected chi connectivity index (χ2v) is 10.3. The molecule has 3 rings (SSSR count). The van der Waals surface area contributed by atoms with E-state index in [2.05, 4.69) is 17.0 Å². The minimum absolute atomic E-state index is 0.0215. The molecule has 1 saturated carbocycles. The van der Waals surface area contributed by atoms with Crippen LogP contribution < -0.4 is 5.32 Å². The van der Waals surface area contributed by atoms with Gasteiger partial charge in [0, 0.05) is 6.54 Å². The molecule has 14 heteroatoms. The molecule has 0 aliphatic heterocycles. The van der Waals surface area contributed by atoms with Gasteiger partial charge in [0.2, 0.25) is 0 Å². The zero-order valence-electron chi connectivity index (χ0n) is 16.3. The number of ether oxygens (including phenoxy) is 1. The highest BCUT2D eigenvalue weighted by Gasteiger charge is 2.65. The lowest BCUT2D eigenvalue weighted by molar-refractivity contribution is -0.143. The minimum Gasteiger partial charge on any atom is -0.468 e. The van der Waals surface area contributed by atoms with Gasteiger partial charge in [0.25, 0.3) is 0 Å². The molecule has 0 spiro atoms. The van der Waals surface area contributed by atoms with E-state index in [9.17, 15) is 29.5 Å². The second kappa shape index (κ2) is 7.00. The summed E-state index contributed by atoms with van der Waals surface area (Å²) in [5.74, 6) is -0.614. The van der Waals surface area contributed by atoms with Gasteiger partial charge >= 0.3 is 16.2 Å². The maximum atomic E-state index is 13.2. The van der Waals surface area contributed by atoms with Crippen LogP contribution in [0.5, 0.6) is 0 Å². The lowest BCUT2D eigenvalue weighted by Crippen LogP contribution is -2.24. The number of halogens is 7. The summed E-state index contributed by atoms with van der Waals surface area (Å²) in [4.78, 5) is 10.2. The van der Waals surface area contributed by atoms with Gasteiger partial charge in [-0.2, -0.15) is 10.4 Å². The Bertz CT molecular complexity index is 1160. The lowest BCUT2D eigenvalue weighted by Gasteiger charge is -2.40. The number of anilines is 1. The van der Waals surface area contributed by atoms with Crippen LogP contribution in [-0.2, 0) is 14.9 Å². The van der Waals surface area contributed by atoms with Crippen LogP contribution in [0.1, 0.15) is 24.1 Å². The number of methoxy groups -OCH3 is 1. The fourth-order valence-electron chi connectivity index (χ4n) is 3.29. The molecule has 1 aromatic carbocycles. The molecular formula is C18H15Cl2F5N4O2S. The van der Waals surface area contributed by atoms with E-state index in [-0.39, 0.29) is 41.4 Å². The minimum atomic E-state index is -10.1. The first-order valence-corrected chi connectivity index (χ1v) is 11.5. The topological polar surface area (TPSA) is 79.9 Å². The molecule has 6 nitrogen and oxygen atoms in total. The molecule has 1 N–H and O–H groups in total. The monoisotopic (exact) mass is 516 g/mol. The molecule has 1 fully saturated rings.